The zero-order valence-corrected chi connectivity index (χ0v) is 31.1. The molecule has 3 rings (SSSR count). The molecule has 3 N–H and O–H groups in total. The van der Waals surface area contributed by atoms with E-state index in [-0.39, 0.29) is 42.4 Å². The summed E-state index contributed by atoms with van der Waals surface area (Å²) in [6.07, 6.45) is 5.23. The van der Waals surface area contributed by atoms with E-state index in [4.69, 9.17) is 33.2 Å². The van der Waals surface area contributed by atoms with Crippen LogP contribution in [0, 0.1) is 23.7 Å². The Hall–Kier alpha value is -1.71. The molecule has 16 atom stereocenters. The van der Waals surface area contributed by atoms with Crippen LogP contribution >= 0.6 is 0 Å². The number of carbonyl (C=O) groups is 1. The maximum Gasteiger partial charge on any atom is 0.330 e. The van der Waals surface area contributed by atoms with Crippen LogP contribution in [-0.4, -0.2) is 135 Å². The highest BCUT2D eigenvalue weighted by Crippen LogP contribution is 2.32. The summed E-state index contributed by atoms with van der Waals surface area (Å²) in [7, 11) is 6.88. The summed E-state index contributed by atoms with van der Waals surface area (Å²) < 4.78 is 41.9. The molecule has 0 saturated carbocycles. The number of esters is 1. The van der Waals surface area contributed by atoms with E-state index in [0.717, 1.165) is 0 Å². The molecule has 49 heavy (non-hydrogen) atoms. The van der Waals surface area contributed by atoms with Gasteiger partial charge in [0.1, 0.15) is 30.5 Å². The van der Waals surface area contributed by atoms with Crippen molar-refractivity contribution in [2.24, 2.45) is 23.7 Å². The summed E-state index contributed by atoms with van der Waals surface area (Å²) in [6, 6.07) is -0.126. The van der Waals surface area contributed by atoms with Gasteiger partial charge in [0.25, 0.3) is 0 Å². The van der Waals surface area contributed by atoms with Crippen LogP contribution < -0.4 is 0 Å². The number of hydrogen-bond donors (Lipinski definition) is 3. The standard InChI is InChI=1S/C37H63NO11/c1-11-29-26(20-45-37-35(44-10)34(43-9)31(41)25(6)47-37)14-12-13-15-28(39)22(3)18-23(4)33(21(2)16-17-30(40)48-29)49-36-32(42)27(38(7)8)19-24(5)46-36/h12-17,21-29,31-37,39,41-42H,11,18-20H2,1-10H3/b14-12+,15-13+,17-16+/t21-,22+,23+,24-,25-,26+,27+,28-,29+,31-,32-,33+,34+,35-,36+,37-/m0/s1. The van der Waals surface area contributed by atoms with Crippen molar-refractivity contribution < 1.29 is 53.3 Å². The molecule has 0 unspecified atom stereocenters. The van der Waals surface area contributed by atoms with Gasteiger partial charge in [0, 0.05) is 38.2 Å². The van der Waals surface area contributed by atoms with E-state index >= 15 is 0 Å². The molecule has 0 aromatic heterocycles. The lowest BCUT2D eigenvalue weighted by Gasteiger charge is -2.43. The Bertz CT molecular complexity index is 1080. The van der Waals surface area contributed by atoms with Gasteiger partial charge in [0.05, 0.1) is 31.0 Å². The van der Waals surface area contributed by atoms with E-state index in [0.29, 0.717) is 19.3 Å². The summed E-state index contributed by atoms with van der Waals surface area (Å²) in [5.41, 5.74) is 0. The number of nitrogens with zero attached hydrogens (tertiary/aromatic N) is 1. The van der Waals surface area contributed by atoms with Crippen LogP contribution in [0.3, 0.4) is 0 Å². The zero-order chi connectivity index (χ0) is 36.4. The van der Waals surface area contributed by atoms with Crippen molar-refractivity contribution in [3.05, 3.63) is 36.5 Å². The number of likely N-dealkylation sites (N-methyl/N-ethyl adjacent to an activating group) is 1. The molecule has 282 valence electrons. The van der Waals surface area contributed by atoms with Gasteiger partial charge in [-0.3, -0.25) is 0 Å². The molecular formula is C37H63NO11. The molecule has 0 aromatic rings. The SMILES string of the molecule is CC[C@H]1OC(=O)/C=C/[C@H](C)[C@@H](O[C@H]2O[C@@H](C)C[C@@H](N(C)C)[C@@H]2O)[C@H](C)C[C@@H](C)[C@@H](O)/C=C/C=C/[C@@H]1CO[C@H]1O[C@@H](C)[C@H](O)[C@@H](OC)[C@@H]1OC. The third-order valence-electron chi connectivity index (χ3n) is 10.2. The smallest absolute Gasteiger partial charge is 0.330 e. The largest absolute Gasteiger partial charge is 0.459 e. The first kappa shape index (κ1) is 41.7. The molecule has 12 heteroatoms. The highest BCUT2D eigenvalue weighted by molar-refractivity contribution is 5.82. The molecule has 0 amide bonds. The number of allylic oxidation sites excluding steroid dienone is 2. The van der Waals surface area contributed by atoms with Crippen LogP contribution in [0.15, 0.2) is 36.5 Å². The highest BCUT2D eigenvalue weighted by Gasteiger charge is 2.45. The first-order valence-corrected chi connectivity index (χ1v) is 17.8. The first-order chi connectivity index (χ1) is 23.2. The minimum atomic E-state index is -0.887. The fourth-order valence-corrected chi connectivity index (χ4v) is 7.15. The van der Waals surface area contributed by atoms with Crippen molar-refractivity contribution in [2.75, 3.05) is 34.9 Å². The molecular weight excluding hydrogens is 634 g/mol. The zero-order valence-electron chi connectivity index (χ0n) is 31.1. The molecule has 0 bridgehead atoms. The molecule has 0 aliphatic carbocycles. The van der Waals surface area contributed by atoms with Crippen LogP contribution in [-0.2, 0) is 38.0 Å². The van der Waals surface area contributed by atoms with Gasteiger partial charge >= 0.3 is 5.97 Å². The van der Waals surface area contributed by atoms with E-state index in [1.165, 1.54) is 20.3 Å². The van der Waals surface area contributed by atoms with Crippen molar-refractivity contribution in [1.29, 1.82) is 0 Å². The second kappa shape index (κ2) is 19.8. The molecule has 12 nitrogen and oxygen atoms in total. The topological polar surface area (TPSA) is 146 Å². The number of ether oxygens (including phenoxy) is 7. The molecule has 3 heterocycles. The quantitative estimate of drug-likeness (QED) is 0.304. The Labute approximate surface area is 293 Å². The Morgan fingerprint density at radius 1 is 0.837 bits per heavy atom. The molecule has 0 aromatic carbocycles. The van der Waals surface area contributed by atoms with E-state index in [2.05, 4.69) is 6.92 Å². The number of cyclic esters (lactones) is 1. The van der Waals surface area contributed by atoms with Crippen LogP contribution in [0.4, 0.5) is 0 Å². The Kier molecular flexibility index (Phi) is 16.8. The summed E-state index contributed by atoms with van der Waals surface area (Å²) in [5, 5.41) is 32.8. The van der Waals surface area contributed by atoms with Crippen molar-refractivity contribution in [2.45, 2.75) is 134 Å². The molecule has 3 aliphatic rings. The van der Waals surface area contributed by atoms with Gasteiger partial charge in [-0.1, -0.05) is 58.1 Å². The number of carbonyl (C=O) groups excluding carboxylic acids is 1. The fourth-order valence-electron chi connectivity index (χ4n) is 7.15. The number of rotatable bonds is 9. The molecule has 2 fully saturated rings. The predicted molar refractivity (Wildman–Crippen MR) is 184 cm³/mol. The number of aliphatic hydroxyl groups excluding tert-OH is 3. The fraction of sp³-hybridized carbons (Fsp3) is 0.811. The molecule has 2 saturated heterocycles. The molecule has 0 radical (unpaired) electrons. The molecule has 3 aliphatic heterocycles. The van der Waals surface area contributed by atoms with Crippen LogP contribution in [0.1, 0.15) is 60.8 Å². The maximum absolute atomic E-state index is 13.3. The number of aliphatic hydroxyl groups is 3. The van der Waals surface area contributed by atoms with Gasteiger partial charge in [0.2, 0.25) is 0 Å². The van der Waals surface area contributed by atoms with Crippen molar-refractivity contribution >= 4 is 5.97 Å². The van der Waals surface area contributed by atoms with Gasteiger partial charge in [0.15, 0.2) is 12.6 Å². The average Bonchev–Trinajstić information content (AvgIpc) is 3.06. The second-order valence-corrected chi connectivity index (χ2v) is 14.3. The average molecular weight is 698 g/mol. The van der Waals surface area contributed by atoms with E-state index in [1.807, 2.05) is 58.8 Å². The van der Waals surface area contributed by atoms with E-state index in [1.54, 1.807) is 25.2 Å². The van der Waals surface area contributed by atoms with Gasteiger partial charge in [-0.15, -0.1) is 0 Å². The van der Waals surface area contributed by atoms with Gasteiger partial charge < -0.3 is 53.4 Å². The molecule has 0 spiro atoms. The lowest BCUT2D eigenvalue weighted by atomic mass is 9.84. The lowest BCUT2D eigenvalue weighted by Crippen LogP contribution is -2.59. The summed E-state index contributed by atoms with van der Waals surface area (Å²) in [6.45, 7) is 11.8. The minimum Gasteiger partial charge on any atom is -0.459 e. The van der Waals surface area contributed by atoms with Crippen molar-refractivity contribution in [3.8, 4) is 0 Å². The Morgan fingerprint density at radius 2 is 1.51 bits per heavy atom. The third-order valence-corrected chi connectivity index (χ3v) is 10.2. The summed E-state index contributed by atoms with van der Waals surface area (Å²) in [4.78, 5) is 15.3. The predicted octanol–water partition coefficient (Wildman–Crippen LogP) is 3.23. The third kappa shape index (κ3) is 11.4. The Morgan fingerprint density at radius 3 is 2.14 bits per heavy atom. The van der Waals surface area contributed by atoms with Crippen LogP contribution in [0.25, 0.3) is 0 Å². The Balaban J connectivity index is 1.85. The lowest BCUT2D eigenvalue weighted by molar-refractivity contribution is -0.304. The van der Waals surface area contributed by atoms with E-state index < -0.39 is 67.4 Å². The summed E-state index contributed by atoms with van der Waals surface area (Å²) >= 11 is 0. The summed E-state index contributed by atoms with van der Waals surface area (Å²) in [5.74, 6) is -1.27. The number of methoxy groups -OCH3 is 2. The minimum absolute atomic E-state index is 0.0487. The number of hydrogen-bond acceptors (Lipinski definition) is 12. The van der Waals surface area contributed by atoms with Crippen molar-refractivity contribution in [3.63, 3.8) is 0 Å². The first-order valence-electron chi connectivity index (χ1n) is 17.8. The monoisotopic (exact) mass is 697 g/mol. The second-order valence-electron chi connectivity index (χ2n) is 14.3. The van der Waals surface area contributed by atoms with Crippen LogP contribution in [0.2, 0.25) is 0 Å². The van der Waals surface area contributed by atoms with Gasteiger partial charge in [-0.25, -0.2) is 4.79 Å². The van der Waals surface area contributed by atoms with Gasteiger partial charge in [-0.05, 0) is 59.0 Å². The van der Waals surface area contributed by atoms with Gasteiger partial charge in [-0.2, -0.15) is 0 Å². The normalized spacial score (nSPS) is 45.1. The van der Waals surface area contributed by atoms with E-state index in [9.17, 15) is 20.1 Å². The maximum atomic E-state index is 13.3. The van der Waals surface area contributed by atoms with Crippen molar-refractivity contribution in [1.82, 2.24) is 4.90 Å². The van der Waals surface area contributed by atoms with Crippen LogP contribution in [0.5, 0.6) is 0 Å². The highest BCUT2D eigenvalue weighted by atomic mass is 16.7.